The van der Waals surface area contributed by atoms with Gasteiger partial charge in [0, 0.05) is 0 Å². The molecule has 0 bridgehead atoms. The van der Waals surface area contributed by atoms with Crippen molar-refractivity contribution in [3.05, 3.63) is 24.3 Å². The van der Waals surface area contributed by atoms with Gasteiger partial charge < -0.3 is 4.43 Å². The van der Waals surface area contributed by atoms with Gasteiger partial charge in [0.05, 0.1) is 6.10 Å². The zero-order valence-corrected chi connectivity index (χ0v) is 13.7. The summed E-state index contributed by atoms with van der Waals surface area (Å²) in [6.45, 7) is 13.3. The topological polar surface area (TPSA) is 26.3 Å². The van der Waals surface area contributed by atoms with Crippen LogP contribution in [0.1, 0.15) is 40.5 Å². The van der Waals surface area contributed by atoms with Gasteiger partial charge in [0.1, 0.15) is 6.29 Å². The Morgan fingerprint density at radius 2 is 1.83 bits per heavy atom. The van der Waals surface area contributed by atoms with Crippen molar-refractivity contribution in [2.45, 2.75) is 64.8 Å². The van der Waals surface area contributed by atoms with Gasteiger partial charge in [0.2, 0.25) is 0 Å². The Bertz CT molecular complexity index is 298. The van der Waals surface area contributed by atoms with Crippen LogP contribution in [0.3, 0.4) is 0 Å². The average Bonchev–Trinajstić information content (AvgIpc) is 2.24. The minimum absolute atomic E-state index is 0.0129. The van der Waals surface area contributed by atoms with Gasteiger partial charge in [-0.15, -0.1) is 0 Å². The first-order chi connectivity index (χ1) is 8.24. The number of rotatable bonds is 7. The second-order valence-electron chi connectivity index (χ2n) is 6.05. The molecule has 0 heterocycles. The van der Waals surface area contributed by atoms with Crippen molar-refractivity contribution in [2.24, 2.45) is 0 Å². The van der Waals surface area contributed by atoms with E-state index in [4.69, 9.17) is 4.43 Å². The maximum absolute atomic E-state index is 10.5. The SMILES string of the molecule is CC/C=C\C[C@@H](/C=C/C=O)O[Si](C)(C)C(C)(C)C. The van der Waals surface area contributed by atoms with Gasteiger partial charge in [-0.05, 0) is 37.0 Å². The average molecular weight is 268 g/mol. The molecular formula is C15H28O2Si. The van der Waals surface area contributed by atoms with Crippen molar-refractivity contribution >= 4 is 14.6 Å². The fourth-order valence-electron chi connectivity index (χ4n) is 1.29. The van der Waals surface area contributed by atoms with Crippen LogP contribution in [0.25, 0.3) is 0 Å². The van der Waals surface area contributed by atoms with Crippen LogP contribution in [-0.4, -0.2) is 20.7 Å². The highest BCUT2D eigenvalue weighted by molar-refractivity contribution is 6.74. The molecule has 0 aromatic heterocycles. The lowest BCUT2D eigenvalue weighted by molar-refractivity contribution is -0.104. The van der Waals surface area contributed by atoms with Crippen LogP contribution in [-0.2, 0) is 9.22 Å². The zero-order chi connectivity index (χ0) is 14.2. The second-order valence-corrected chi connectivity index (χ2v) is 10.8. The third-order valence-corrected chi connectivity index (χ3v) is 7.93. The Kier molecular flexibility index (Phi) is 7.41. The predicted octanol–water partition coefficient (Wildman–Crippen LogP) is 4.49. The zero-order valence-electron chi connectivity index (χ0n) is 12.7. The van der Waals surface area contributed by atoms with Gasteiger partial charge in [0.25, 0.3) is 0 Å². The van der Waals surface area contributed by atoms with Crippen LogP contribution in [0, 0.1) is 0 Å². The maximum Gasteiger partial charge on any atom is 0.192 e. The van der Waals surface area contributed by atoms with Crippen LogP contribution in [0.15, 0.2) is 24.3 Å². The largest absolute Gasteiger partial charge is 0.410 e. The molecule has 0 fully saturated rings. The molecule has 0 aromatic carbocycles. The van der Waals surface area contributed by atoms with E-state index in [1.807, 2.05) is 6.08 Å². The van der Waals surface area contributed by atoms with Crippen molar-refractivity contribution in [2.75, 3.05) is 0 Å². The molecular weight excluding hydrogens is 240 g/mol. The van der Waals surface area contributed by atoms with E-state index in [0.717, 1.165) is 19.1 Å². The number of hydrogen-bond acceptors (Lipinski definition) is 2. The highest BCUT2D eigenvalue weighted by Gasteiger charge is 2.38. The lowest BCUT2D eigenvalue weighted by Crippen LogP contribution is -2.43. The molecule has 104 valence electrons. The smallest absolute Gasteiger partial charge is 0.192 e. The molecule has 0 saturated carbocycles. The maximum atomic E-state index is 10.5. The molecule has 0 aliphatic carbocycles. The van der Waals surface area contributed by atoms with Gasteiger partial charge in [-0.1, -0.05) is 45.9 Å². The lowest BCUT2D eigenvalue weighted by Gasteiger charge is -2.38. The Labute approximate surface area is 113 Å². The molecule has 2 nitrogen and oxygen atoms in total. The molecule has 18 heavy (non-hydrogen) atoms. The van der Waals surface area contributed by atoms with Crippen molar-refractivity contribution in [3.8, 4) is 0 Å². The van der Waals surface area contributed by atoms with E-state index in [2.05, 4.69) is 52.9 Å². The van der Waals surface area contributed by atoms with Crippen LogP contribution in [0.4, 0.5) is 0 Å². The summed E-state index contributed by atoms with van der Waals surface area (Å²) >= 11 is 0. The van der Waals surface area contributed by atoms with E-state index in [-0.39, 0.29) is 11.1 Å². The third-order valence-electron chi connectivity index (χ3n) is 3.43. The van der Waals surface area contributed by atoms with Crippen LogP contribution < -0.4 is 0 Å². The molecule has 1 atom stereocenters. The highest BCUT2D eigenvalue weighted by atomic mass is 28.4. The van der Waals surface area contributed by atoms with Crippen molar-refractivity contribution in [1.82, 2.24) is 0 Å². The van der Waals surface area contributed by atoms with E-state index in [1.165, 1.54) is 6.08 Å². The first kappa shape index (κ1) is 17.3. The van der Waals surface area contributed by atoms with E-state index in [0.29, 0.717) is 0 Å². The normalized spacial score (nSPS) is 15.4. The molecule has 0 aliphatic rings. The van der Waals surface area contributed by atoms with Crippen LogP contribution >= 0.6 is 0 Å². The first-order valence-electron chi connectivity index (χ1n) is 6.69. The van der Waals surface area contributed by atoms with Crippen molar-refractivity contribution < 1.29 is 9.22 Å². The predicted molar refractivity (Wildman–Crippen MR) is 81.3 cm³/mol. The molecule has 3 heteroatoms. The summed E-state index contributed by atoms with van der Waals surface area (Å²) in [4.78, 5) is 10.5. The summed E-state index contributed by atoms with van der Waals surface area (Å²) in [7, 11) is -1.78. The number of carbonyl (C=O) groups is 1. The summed E-state index contributed by atoms with van der Waals surface area (Å²) in [6, 6.07) is 0. The van der Waals surface area contributed by atoms with Crippen LogP contribution in [0.2, 0.25) is 18.1 Å². The third kappa shape index (κ3) is 6.31. The Morgan fingerprint density at radius 1 is 1.22 bits per heavy atom. The molecule has 0 N–H and O–H groups in total. The number of allylic oxidation sites excluding steroid dienone is 2. The lowest BCUT2D eigenvalue weighted by atomic mass is 10.2. The van der Waals surface area contributed by atoms with Gasteiger partial charge in [-0.2, -0.15) is 0 Å². The number of carbonyl (C=O) groups excluding carboxylic acids is 1. The minimum Gasteiger partial charge on any atom is -0.410 e. The van der Waals surface area contributed by atoms with Gasteiger partial charge >= 0.3 is 0 Å². The standard InChI is InChI=1S/C15H28O2Si/c1-7-8-9-11-14(12-10-13-16)17-18(5,6)15(2,3)4/h8-10,12-14H,7,11H2,1-6H3/b9-8-,12-10+/t14-/m0/s1. The molecule has 0 radical (unpaired) electrons. The van der Waals surface area contributed by atoms with Gasteiger partial charge in [-0.25, -0.2) is 0 Å². The molecule has 0 amide bonds. The fraction of sp³-hybridized carbons (Fsp3) is 0.667. The summed E-state index contributed by atoms with van der Waals surface area (Å²) in [5, 5.41) is 0.189. The molecule has 0 spiro atoms. The number of hydrogen-bond donors (Lipinski definition) is 0. The van der Waals surface area contributed by atoms with E-state index in [1.54, 1.807) is 0 Å². The monoisotopic (exact) mass is 268 g/mol. The molecule has 0 rings (SSSR count). The van der Waals surface area contributed by atoms with E-state index in [9.17, 15) is 4.79 Å². The summed E-state index contributed by atoms with van der Waals surface area (Å²) in [6.07, 6.45) is 10.4. The summed E-state index contributed by atoms with van der Waals surface area (Å²) < 4.78 is 6.29. The summed E-state index contributed by atoms with van der Waals surface area (Å²) in [5.74, 6) is 0. The molecule has 0 saturated heterocycles. The molecule has 0 unspecified atom stereocenters. The van der Waals surface area contributed by atoms with Crippen molar-refractivity contribution in [1.29, 1.82) is 0 Å². The highest BCUT2D eigenvalue weighted by Crippen LogP contribution is 2.37. The molecule has 0 aliphatic heterocycles. The Morgan fingerprint density at radius 3 is 2.28 bits per heavy atom. The fourth-order valence-corrected chi connectivity index (χ4v) is 2.57. The first-order valence-corrected chi connectivity index (χ1v) is 9.60. The van der Waals surface area contributed by atoms with Crippen molar-refractivity contribution in [3.63, 3.8) is 0 Å². The molecule has 0 aromatic rings. The quantitative estimate of drug-likeness (QED) is 0.294. The van der Waals surface area contributed by atoms with Gasteiger partial charge in [0.15, 0.2) is 8.32 Å². The second kappa shape index (κ2) is 7.69. The minimum atomic E-state index is -1.78. The Balaban J connectivity index is 4.72. The van der Waals surface area contributed by atoms with Crippen LogP contribution in [0.5, 0.6) is 0 Å². The van der Waals surface area contributed by atoms with E-state index < -0.39 is 8.32 Å². The Hall–Kier alpha value is -0.673. The number of aldehydes is 1. The van der Waals surface area contributed by atoms with Gasteiger partial charge in [-0.3, -0.25) is 4.79 Å². The van der Waals surface area contributed by atoms with E-state index >= 15 is 0 Å². The summed E-state index contributed by atoms with van der Waals surface area (Å²) in [5.41, 5.74) is 0.